The van der Waals surface area contributed by atoms with Crippen molar-refractivity contribution in [1.82, 2.24) is 5.32 Å². The number of primary amides is 1. The van der Waals surface area contributed by atoms with Crippen LogP contribution in [0.5, 0.6) is 5.75 Å². The first-order valence-electron chi connectivity index (χ1n) is 8.76. The smallest absolute Gasteiger partial charge is 0.258 e. The summed E-state index contributed by atoms with van der Waals surface area (Å²) in [4.78, 5) is 23.9. The number of benzene rings is 3. The number of rotatable bonds is 6. The minimum Gasteiger partial charge on any atom is -0.483 e. The van der Waals surface area contributed by atoms with Crippen LogP contribution in [0.1, 0.15) is 34.5 Å². The van der Waals surface area contributed by atoms with Gasteiger partial charge >= 0.3 is 0 Å². The topological polar surface area (TPSA) is 81.4 Å². The maximum absolute atomic E-state index is 12.3. The number of carbonyl (C=O) groups is 2. The maximum Gasteiger partial charge on any atom is 0.258 e. The standard InChI is InChI=1S/C22H22N2O3/c1-14-10-11-19(22(23)26)20(12-14)27-13-21(25)24-15(2)17-9-5-7-16-6-3-4-8-18(16)17/h3-12,15H,13H2,1-2H3,(H2,23,26)(H,24,25). The average Bonchev–Trinajstić information content (AvgIpc) is 2.65. The molecule has 0 aliphatic carbocycles. The Morgan fingerprint density at radius 1 is 1.07 bits per heavy atom. The molecule has 0 saturated heterocycles. The van der Waals surface area contributed by atoms with Crippen molar-refractivity contribution in [2.75, 3.05) is 6.61 Å². The van der Waals surface area contributed by atoms with E-state index < -0.39 is 5.91 Å². The number of ether oxygens (including phenoxy) is 1. The second-order valence-corrected chi connectivity index (χ2v) is 6.51. The Labute approximate surface area is 158 Å². The molecule has 0 aliphatic rings. The predicted molar refractivity (Wildman–Crippen MR) is 106 cm³/mol. The van der Waals surface area contributed by atoms with E-state index in [1.54, 1.807) is 18.2 Å². The summed E-state index contributed by atoms with van der Waals surface area (Å²) in [7, 11) is 0. The highest BCUT2D eigenvalue weighted by Crippen LogP contribution is 2.24. The van der Waals surface area contributed by atoms with Gasteiger partial charge in [0, 0.05) is 0 Å². The fraction of sp³-hybridized carbons (Fsp3) is 0.182. The van der Waals surface area contributed by atoms with E-state index in [0.29, 0.717) is 5.75 Å². The summed E-state index contributed by atoms with van der Waals surface area (Å²) in [6.07, 6.45) is 0. The van der Waals surface area contributed by atoms with Crippen LogP contribution >= 0.6 is 0 Å². The van der Waals surface area contributed by atoms with Gasteiger partial charge in [-0.25, -0.2) is 0 Å². The predicted octanol–water partition coefficient (Wildman–Crippen LogP) is 3.50. The van der Waals surface area contributed by atoms with Crippen LogP contribution < -0.4 is 15.8 Å². The minimum atomic E-state index is -0.588. The monoisotopic (exact) mass is 362 g/mol. The van der Waals surface area contributed by atoms with Gasteiger partial charge in [-0.3, -0.25) is 9.59 Å². The molecule has 5 heteroatoms. The van der Waals surface area contributed by atoms with Crippen LogP contribution in [0.2, 0.25) is 0 Å². The van der Waals surface area contributed by atoms with E-state index in [0.717, 1.165) is 21.9 Å². The van der Waals surface area contributed by atoms with Crippen LogP contribution in [0, 0.1) is 6.92 Å². The number of aryl methyl sites for hydroxylation is 1. The lowest BCUT2D eigenvalue weighted by Crippen LogP contribution is -2.31. The third-order valence-electron chi connectivity index (χ3n) is 4.43. The Morgan fingerprint density at radius 2 is 1.81 bits per heavy atom. The van der Waals surface area contributed by atoms with E-state index in [1.807, 2.05) is 56.3 Å². The van der Waals surface area contributed by atoms with E-state index in [9.17, 15) is 9.59 Å². The molecule has 0 fully saturated rings. The molecule has 1 unspecified atom stereocenters. The molecule has 3 aromatic carbocycles. The summed E-state index contributed by atoms with van der Waals surface area (Å²) >= 11 is 0. The number of fused-ring (bicyclic) bond motifs is 1. The maximum atomic E-state index is 12.3. The van der Waals surface area contributed by atoms with Crippen molar-refractivity contribution >= 4 is 22.6 Å². The molecule has 0 radical (unpaired) electrons. The van der Waals surface area contributed by atoms with Crippen molar-refractivity contribution in [2.24, 2.45) is 5.73 Å². The normalized spacial score (nSPS) is 11.8. The first-order valence-corrected chi connectivity index (χ1v) is 8.76. The van der Waals surface area contributed by atoms with Gasteiger partial charge < -0.3 is 15.8 Å². The molecule has 0 spiro atoms. The lowest BCUT2D eigenvalue weighted by Gasteiger charge is -2.17. The van der Waals surface area contributed by atoms with Crippen LogP contribution in [0.3, 0.4) is 0 Å². The number of nitrogens with one attached hydrogen (secondary N) is 1. The van der Waals surface area contributed by atoms with Gasteiger partial charge in [-0.1, -0.05) is 48.5 Å². The Bertz CT molecular complexity index is 993. The first kappa shape index (κ1) is 18.5. The summed E-state index contributed by atoms with van der Waals surface area (Å²) in [5.74, 6) is -0.544. The molecule has 2 amide bonds. The van der Waals surface area contributed by atoms with Gasteiger partial charge in [-0.2, -0.15) is 0 Å². The molecule has 3 N–H and O–H groups in total. The number of amides is 2. The van der Waals surface area contributed by atoms with E-state index >= 15 is 0 Å². The van der Waals surface area contributed by atoms with Gasteiger partial charge in [-0.15, -0.1) is 0 Å². The first-order chi connectivity index (χ1) is 13.0. The number of carbonyl (C=O) groups excluding carboxylic acids is 2. The Kier molecular flexibility index (Phi) is 5.41. The molecule has 3 rings (SSSR count). The molecule has 3 aromatic rings. The highest BCUT2D eigenvalue weighted by Gasteiger charge is 2.15. The second-order valence-electron chi connectivity index (χ2n) is 6.51. The van der Waals surface area contributed by atoms with Crippen molar-refractivity contribution in [3.8, 4) is 5.75 Å². The molecule has 0 bridgehead atoms. The minimum absolute atomic E-state index is 0.180. The second kappa shape index (κ2) is 7.91. The van der Waals surface area contributed by atoms with Gasteiger partial charge in [0.25, 0.3) is 11.8 Å². The molecule has 0 aliphatic heterocycles. The number of hydrogen-bond donors (Lipinski definition) is 2. The largest absolute Gasteiger partial charge is 0.483 e. The molecule has 0 aromatic heterocycles. The Balaban J connectivity index is 1.69. The zero-order valence-corrected chi connectivity index (χ0v) is 15.4. The number of nitrogens with two attached hydrogens (primary N) is 1. The van der Waals surface area contributed by atoms with Crippen LogP contribution in [0.25, 0.3) is 10.8 Å². The lowest BCUT2D eigenvalue weighted by molar-refractivity contribution is -0.123. The van der Waals surface area contributed by atoms with Crippen LogP contribution in [-0.4, -0.2) is 18.4 Å². The Hall–Kier alpha value is -3.34. The summed E-state index contributed by atoms with van der Waals surface area (Å²) in [6.45, 7) is 3.61. The average molecular weight is 362 g/mol. The molecule has 27 heavy (non-hydrogen) atoms. The third kappa shape index (κ3) is 4.26. The highest BCUT2D eigenvalue weighted by atomic mass is 16.5. The molecular formula is C22H22N2O3. The lowest BCUT2D eigenvalue weighted by atomic mass is 10.00. The zero-order valence-electron chi connectivity index (χ0n) is 15.4. The quantitative estimate of drug-likeness (QED) is 0.704. The van der Waals surface area contributed by atoms with Crippen LogP contribution in [0.15, 0.2) is 60.7 Å². The molecule has 0 heterocycles. The SMILES string of the molecule is Cc1ccc(C(N)=O)c(OCC(=O)NC(C)c2cccc3ccccc23)c1. The Morgan fingerprint density at radius 3 is 2.59 bits per heavy atom. The van der Waals surface area contributed by atoms with Gasteiger partial charge in [0.1, 0.15) is 5.75 Å². The van der Waals surface area contributed by atoms with Gasteiger partial charge in [-0.05, 0) is 47.9 Å². The zero-order chi connectivity index (χ0) is 19.4. The highest BCUT2D eigenvalue weighted by molar-refractivity contribution is 5.95. The van der Waals surface area contributed by atoms with Crippen molar-refractivity contribution in [2.45, 2.75) is 19.9 Å². The summed E-state index contributed by atoms with van der Waals surface area (Å²) in [5.41, 5.74) is 7.57. The van der Waals surface area contributed by atoms with Crippen LogP contribution in [-0.2, 0) is 4.79 Å². The fourth-order valence-electron chi connectivity index (χ4n) is 3.08. The molecule has 5 nitrogen and oxygen atoms in total. The third-order valence-corrected chi connectivity index (χ3v) is 4.43. The molecule has 138 valence electrons. The fourth-order valence-corrected chi connectivity index (χ4v) is 3.08. The van der Waals surface area contributed by atoms with Crippen molar-refractivity contribution in [1.29, 1.82) is 0 Å². The van der Waals surface area contributed by atoms with Gasteiger partial charge in [0.2, 0.25) is 0 Å². The van der Waals surface area contributed by atoms with E-state index in [-0.39, 0.29) is 24.1 Å². The molecule has 1 atom stereocenters. The van der Waals surface area contributed by atoms with Gasteiger partial charge in [0.15, 0.2) is 6.61 Å². The summed E-state index contributed by atoms with van der Waals surface area (Å²) < 4.78 is 5.55. The van der Waals surface area contributed by atoms with E-state index in [2.05, 4.69) is 5.32 Å². The molecular weight excluding hydrogens is 340 g/mol. The van der Waals surface area contributed by atoms with Crippen LogP contribution in [0.4, 0.5) is 0 Å². The summed E-state index contributed by atoms with van der Waals surface area (Å²) in [5, 5.41) is 5.17. The summed E-state index contributed by atoms with van der Waals surface area (Å²) in [6, 6.07) is 19.0. The van der Waals surface area contributed by atoms with E-state index in [4.69, 9.17) is 10.5 Å². The van der Waals surface area contributed by atoms with Crippen molar-refractivity contribution < 1.29 is 14.3 Å². The van der Waals surface area contributed by atoms with Crippen molar-refractivity contribution in [3.63, 3.8) is 0 Å². The van der Waals surface area contributed by atoms with Gasteiger partial charge in [0.05, 0.1) is 11.6 Å². The van der Waals surface area contributed by atoms with E-state index in [1.165, 1.54) is 0 Å². The van der Waals surface area contributed by atoms with Crippen molar-refractivity contribution in [3.05, 3.63) is 77.4 Å². The number of hydrogen-bond acceptors (Lipinski definition) is 3. The molecule has 0 saturated carbocycles.